The van der Waals surface area contributed by atoms with Crippen LogP contribution in [0.4, 0.5) is 10.1 Å². The summed E-state index contributed by atoms with van der Waals surface area (Å²) >= 11 is 3.13. The van der Waals surface area contributed by atoms with Crippen LogP contribution >= 0.6 is 15.9 Å². The Balaban J connectivity index is 2.74. The zero-order chi connectivity index (χ0) is 11.4. The van der Waals surface area contributed by atoms with Gasteiger partial charge in [0, 0.05) is 12.2 Å². The van der Waals surface area contributed by atoms with Crippen molar-refractivity contribution in [1.29, 1.82) is 0 Å². The Bertz CT molecular complexity index is 346. The maximum Gasteiger partial charge on any atom is 0.137 e. The van der Waals surface area contributed by atoms with E-state index in [-0.39, 0.29) is 19.0 Å². The smallest absolute Gasteiger partial charge is 0.137 e. The number of nitrogens with one attached hydrogen (secondary N) is 1. The Hall–Kier alpha value is -0.650. The predicted molar refractivity (Wildman–Crippen MR) is 60.4 cm³/mol. The monoisotopic (exact) mass is 277 g/mol. The van der Waals surface area contributed by atoms with E-state index < -0.39 is 6.10 Å². The third-order valence-corrected chi connectivity index (χ3v) is 3.05. The second-order valence-corrected chi connectivity index (χ2v) is 4.04. The summed E-state index contributed by atoms with van der Waals surface area (Å²) in [7, 11) is 0. The Labute approximate surface area is 96.1 Å². The van der Waals surface area contributed by atoms with Crippen molar-refractivity contribution in [2.45, 2.75) is 13.0 Å². The van der Waals surface area contributed by atoms with Crippen LogP contribution in [0.1, 0.15) is 5.56 Å². The van der Waals surface area contributed by atoms with Crippen LogP contribution in [0.25, 0.3) is 0 Å². The summed E-state index contributed by atoms with van der Waals surface area (Å²) in [5.74, 6) is -0.319. The molecule has 5 heteroatoms. The number of aliphatic hydroxyl groups is 2. The highest BCUT2D eigenvalue weighted by Gasteiger charge is 2.08. The number of hydrogen-bond acceptors (Lipinski definition) is 3. The Kier molecular flexibility index (Phi) is 4.50. The van der Waals surface area contributed by atoms with E-state index >= 15 is 0 Å². The molecule has 3 N–H and O–H groups in total. The first-order valence-corrected chi connectivity index (χ1v) is 5.33. The molecule has 0 spiro atoms. The Morgan fingerprint density at radius 3 is 2.80 bits per heavy atom. The Morgan fingerprint density at radius 1 is 1.53 bits per heavy atom. The minimum Gasteiger partial charge on any atom is -0.394 e. The summed E-state index contributed by atoms with van der Waals surface area (Å²) in [6.45, 7) is 1.70. The molecule has 0 aromatic heterocycles. The highest BCUT2D eigenvalue weighted by atomic mass is 79.9. The number of hydrogen-bond donors (Lipinski definition) is 3. The van der Waals surface area contributed by atoms with Gasteiger partial charge in [-0.3, -0.25) is 0 Å². The second-order valence-electron chi connectivity index (χ2n) is 3.25. The molecule has 1 aromatic rings. The van der Waals surface area contributed by atoms with Crippen molar-refractivity contribution in [3.8, 4) is 0 Å². The summed E-state index contributed by atoms with van der Waals surface area (Å²) in [5, 5.41) is 20.7. The number of anilines is 1. The normalized spacial score (nSPS) is 12.6. The highest BCUT2D eigenvalue weighted by Crippen LogP contribution is 2.26. The molecule has 0 fully saturated rings. The van der Waals surface area contributed by atoms with Crippen molar-refractivity contribution in [1.82, 2.24) is 0 Å². The third kappa shape index (κ3) is 3.15. The van der Waals surface area contributed by atoms with Crippen molar-refractivity contribution in [2.24, 2.45) is 0 Å². The van der Waals surface area contributed by atoms with Gasteiger partial charge in [-0.1, -0.05) is 0 Å². The van der Waals surface area contributed by atoms with Gasteiger partial charge in [-0.05, 0) is 40.5 Å². The van der Waals surface area contributed by atoms with Gasteiger partial charge in [0.1, 0.15) is 5.82 Å². The lowest BCUT2D eigenvalue weighted by atomic mass is 10.2. The molecule has 1 rings (SSSR count). The van der Waals surface area contributed by atoms with Crippen LogP contribution in [0.15, 0.2) is 16.6 Å². The lowest BCUT2D eigenvalue weighted by Crippen LogP contribution is -2.23. The molecule has 0 saturated carbocycles. The van der Waals surface area contributed by atoms with E-state index in [0.717, 1.165) is 11.3 Å². The van der Waals surface area contributed by atoms with E-state index in [0.29, 0.717) is 4.47 Å². The fraction of sp³-hybridized carbons (Fsp3) is 0.400. The Morgan fingerprint density at radius 2 is 2.20 bits per heavy atom. The quantitative estimate of drug-likeness (QED) is 0.785. The van der Waals surface area contributed by atoms with Gasteiger partial charge in [-0.2, -0.15) is 0 Å². The van der Waals surface area contributed by atoms with Crippen LogP contribution < -0.4 is 5.32 Å². The third-order valence-electron chi connectivity index (χ3n) is 2.08. The van der Waals surface area contributed by atoms with Gasteiger partial charge in [0.05, 0.1) is 17.2 Å². The first-order chi connectivity index (χ1) is 7.06. The molecule has 0 bridgehead atoms. The highest BCUT2D eigenvalue weighted by molar-refractivity contribution is 9.10. The lowest BCUT2D eigenvalue weighted by molar-refractivity contribution is 0.105. The first kappa shape index (κ1) is 12.4. The van der Waals surface area contributed by atoms with Gasteiger partial charge in [0.2, 0.25) is 0 Å². The topological polar surface area (TPSA) is 52.5 Å². The van der Waals surface area contributed by atoms with Crippen molar-refractivity contribution in [2.75, 3.05) is 18.5 Å². The van der Waals surface area contributed by atoms with Crippen LogP contribution in [0.5, 0.6) is 0 Å². The minimum absolute atomic E-state index is 0.232. The van der Waals surface area contributed by atoms with Crippen LogP contribution in [0.2, 0.25) is 0 Å². The lowest BCUT2D eigenvalue weighted by Gasteiger charge is -2.13. The minimum atomic E-state index is -0.812. The van der Waals surface area contributed by atoms with Crippen molar-refractivity contribution in [3.63, 3.8) is 0 Å². The summed E-state index contributed by atoms with van der Waals surface area (Å²) in [4.78, 5) is 0. The zero-order valence-electron chi connectivity index (χ0n) is 8.30. The molecule has 0 aliphatic carbocycles. The van der Waals surface area contributed by atoms with Gasteiger partial charge in [-0.15, -0.1) is 0 Å². The number of aliphatic hydroxyl groups excluding tert-OH is 2. The van der Waals surface area contributed by atoms with Crippen LogP contribution in [-0.2, 0) is 0 Å². The maximum absolute atomic E-state index is 13.1. The zero-order valence-corrected chi connectivity index (χ0v) is 9.88. The fourth-order valence-corrected chi connectivity index (χ4v) is 1.48. The van der Waals surface area contributed by atoms with Gasteiger partial charge in [0.15, 0.2) is 0 Å². The molecule has 0 saturated heterocycles. The average Bonchev–Trinajstić information content (AvgIpc) is 2.24. The maximum atomic E-state index is 13.1. The molecule has 1 aromatic carbocycles. The number of halogens is 2. The van der Waals surface area contributed by atoms with Crippen molar-refractivity contribution < 1.29 is 14.6 Å². The molecule has 1 atom stereocenters. The molecular weight excluding hydrogens is 265 g/mol. The van der Waals surface area contributed by atoms with Crippen LogP contribution in [0, 0.1) is 12.7 Å². The largest absolute Gasteiger partial charge is 0.394 e. The molecule has 1 unspecified atom stereocenters. The molecule has 0 heterocycles. The fourth-order valence-electron chi connectivity index (χ4n) is 1.14. The van der Waals surface area contributed by atoms with Crippen LogP contribution in [-0.4, -0.2) is 29.5 Å². The summed E-state index contributed by atoms with van der Waals surface area (Å²) in [5.41, 5.74) is 1.47. The molecule has 0 radical (unpaired) electrons. The SMILES string of the molecule is Cc1c(NCC(O)CO)ccc(F)c1Br. The molecule has 0 aliphatic rings. The van der Waals surface area contributed by atoms with Crippen molar-refractivity contribution >= 4 is 21.6 Å². The van der Waals surface area contributed by atoms with Gasteiger partial charge < -0.3 is 15.5 Å². The van der Waals surface area contributed by atoms with E-state index in [2.05, 4.69) is 21.2 Å². The predicted octanol–water partition coefficient (Wildman–Crippen LogP) is 1.66. The van der Waals surface area contributed by atoms with E-state index in [1.807, 2.05) is 0 Å². The van der Waals surface area contributed by atoms with E-state index in [1.54, 1.807) is 13.0 Å². The van der Waals surface area contributed by atoms with Crippen molar-refractivity contribution in [3.05, 3.63) is 28.0 Å². The second kappa shape index (κ2) is 5.44. The van der Waals surface area contributed by atoms with Gasteiger partial charge in [-0.25, -0.2) is 4.39 Å². The number of benzene rings is 1. The van der Waals surface area contributed by atoms with E-state index in [1.165, 1.54) is 6.07 Å². The molecule has 15 heavy (non-hydrogen) atoms. The molecular formula is C10H13BrFNO2. The van der Waals surface area contributed by atoms with Gasteiger partial charge >= 0.3 is 0 Å². The van der Waals surface area contributed by atoms with E-state index in [4.69, 9.17) is 10.2 Å². The van der Waals surface area contributed by atoms with E-state index in [9.17, 15) is 4.39 Å². The standard InChI is InChI=1S/C10H13BrFNO2/c1-6-9(13-4-7(15)5-14)3-2-8(12)10(6)11/h2-3,7,13-15H,4-5H2,1H3. The summed E-state index contributed by atoms with van der Waals surface area (Å²) in [6, 6.07) is 2.93. The molecule has 0 amide bonds. The molecule has 84 valence electrons. The summed E-state index contributed by atoms with van der Waals surface area (Å²) in [6.07, 6.45) is -0.812. The van der Waals surface area contributed by atoms with Crippen LogP contribution in [0.3, 0.4) is 0 Å². The molecule has 3 nitrogen and oxygen atoms in total. The first-order valence-electron chi connectivity index (χ1n) is 4.53. The average molecular weight is 278 g/mol. The van der Waals surface area contributed by atoms with Gasteiger partial charge in [0.25, 0.3) is 0 Å². The molecule has 0 aliphatic heterocycles. The number of rotatable bonds is 4. The summed E-state index contributed by atoms with van der Waals surface area (Å²) < 4.78 is 13.5.